The van der Waals surface area contributed by atoms with Crippen molar-refractivity contribution in [3.8, 4) is 0 Å². The molecule has 33 heavy (non-hydrogen) atoms. The third-order valence-electron chi connectivity index (χ3n) is 6.11. The van der Waals surface area contributed by atoms with Crippen LogP contribution in [0.25, 0.3) is 0 Å². The number of carbonyl (C=O) groups is 2. The summed E-state index contributed by atoms with van der Waals surface area (Å²) in [5, 5.41) is 10.2. The van der Waals surface area contributed by atoms with Gasteiger partial charge in [0.2, 0.25) is 5.91 Å². The van der Waals surface area contributed by atoms with Gasteiger partial charge in [-0.25, -0.2) is 19.9 Å². The molecule has 170 valence electrons. The highest BCUT2D eigenvalue weighted by molar-refractivity contribution is 7.17. The molecule has 10 nitrogen and oxygen atoms in total. The summed E-state index contributed by atoms with van der Waals surface area (Å²) in [5.74, 6) is 1.53. The zero-order valence-electron chi connectivity index (χ0n) is 18.4. The number of hydrogen-bond acceptors (Lipinski definition) is 9. The topological polar surface area (TPSA) is 125 Å². The largest absolute Gasteiger partial charge is 0.340 e. The number of carbonyl (C=O) groups excluding carboxylic acids is 2. The lowest BCUT2D eigenvalue weighted by Gasteiger charge is -2.32. The van der Waals surface area contributed by atoms with Crippen molar-refractivity contribution >= 4 is 51.4 Å². The normalized spacial score (nSPS) is 16.2. The third kappa shape index (κ3) is 4.11. The van der Waals surface area contributed by atoms with Crippen LogP contribution in [-0.4, -0.2) is 38.8 Å². The number of nitrogens with zero attached hydrogens (tertiary/aromatic N) is 5. The Morgan fingerprint density at radius 1 is 1.09 bits per heavy atom. The average molecular weight is 465 g/mol. The minimum absolute atomic E-state index is 0.0380. The number of aromatic nitrogens is 4. The van der Waals surface area contributed by atoms with Crippen LogP contribution in [0.2, 0.25) is 0 Å². The first-order valence-corrected chi connectivity index (χ1v) is 11.7. The van der Waals surface area contributed by atoms with E-state index in [4.69, 9.17) is 4.98 Å². The summed E-state index contributed by atoms with van der Waals surface area (Å²) < 4.78 is 0. The van der Waals surface area contributed by atoms with Gasteiger partial charge in [0, 0.05) is 38.0 Å². The Hall–Kier alpha value is -3.60. The van der Waals surface area contributed by atoms with Gasteiger partial charge in [-0.3, -0.25) is 9.59 Å². The van der Waals surface area contributed by atoms with Crippen molar-refractivity contribution in [1.82, 2.24) is 25.3 Å². The number of fused-ring (bicyclic) bond motifs is 2. The van der Waals surface area contributed by atoms with Crippen molar-refractivity contribution in [2.24, 2.45) is 0 Å². The maximum absolute atomic E-state index is 12.5. The van der Waals surface area contributed by atoms with Crippen LogP contribution in [0.3, 0.4) is 0 Å². The number of pyridine rings is 1. The molecule has 2 amide bonds. The molecule has 3 aromatic heterocycles. The van der Waals surface area contributed by atoms with Gasteiger partial charge in [0.1, 0.15) is 28.7 Å². The molecule has 11 heteroatoms. The van der Waals surface area contributed by atoms with Gasteiger partial charge >= 0.3 is 0 Å². The maximum Gasteiger partial charge on any atom is 0.264 e. The van der Waals surface area contributed by atoms with Crippen molar-refractivity contribution in [2.75, 3.05) is 22.6 Å². The molecule has 0 atom stereocenters. The van der Waals surface area contributed by atoms with Crippen LogP contribution in [0, 0.1) is 0 Å². The Balaban J connectivity index is 1.34. The number of anilines is 5. The molecule has 4 heterocycles. The number of rotatable bonds is 5. The molecule has 0 bridgehead atoms. The lowest BCUT2D eigenvalue weighted by Crippen LogP contribution is -2.41. The highest BCUT2D eigenvalue weighted by Gasteiger charge is 2.46. The van der Waals surface area contributed by atoms with Gasteiger partial charge in [-0.1, -0.05) is 30.6 Å². The summed E-state index contributed by atoms with van der Waals surface area (Å²) >= 11 is 1.35. The molecule has 1 fully saturated rings. The van der Waals surface area contributed by atoms with E-state index in [0.717, 1.165) is 37.1 Å². The zero-order chi connectivity index (χ0) is 23.0. The fraction of sp³-hybridized carbons (Fsp3) is 0.364. The van der Waals surface area contributed by atoms with Crippen LogP contribution in [0.1, 0.15) is 54.4 Å². The molecule has 1 aliphatic carbocycles. The number of hydrogen-bond donors (Lipinski definition) is 3. The van der Waals surface area contributed by atoms with Gasteiger partial charge in [0.15, 0.2) is 5.13 Å². The van der Waals surface area contributed by atoms with Crippen molar-refractivity contribution < 1.29 is 9.59 Å². The molecule has 2 aliphatic rings. The van der Waals surface area contributed by atoms with E-state index < -0.39 is 0 Å². The van der Waals surface area contributed by atoms with Crippen LogP contribution in [0.4, 0.5) is 28.3 Å². The van der Waals surface area contributed by atoms with Crippen LogP contribution < -0.4 is 20.9 Å². The van der Waals surface area contributed by atoms with Gasteiger partial charge in [0.25, 0.3) is 5.91 Å². The highest BCUT2D eigenvalue weighted by Crippen LogP contribution is 2.45. The predicted octanol–water partition coefficient (Wildman–Crippen LogP) is 3.70. The van der Waals surface area contributed by atoms with Crippen LogP contribution in [0.5, 0.6) is 0 Å². The summed E-state index contributed by atoms with van der Waals surface area (Å²) in [4.78, 5) is 44.0. The van der Waals surface area contributed by atoms with Crippen molar-refractivity contribution in [2.45, 2.75) is 44.6 Å². The number of amides is 2. The first kappa shape index (κ1) is 21.3. The molecule has 1 saturated carbocycles. The average Bonchev–Trinajstić information content (AvgIpc) is 3.33. The molecule has 0 radical (unpaired) electrons. The quantitative estimate of drug-likeness (QED) is 0.522. The standard InChI is InChI=1S/C22H24N8O2S/c1-13(31)30(2)14-6-9-23-15(10-14)26-16-11-17(25-12-24-16)27-21-28-19-18(33-21)20(32)29-22(19)7-4-3-5-8-22/h6,9-12H,3-5,7-8H2,1-2H3,(H,29,32)(H2,23,24,25,26,27,28). The second kappa shape index (κ2) is 8.39. The molecular formula is C22H24N8O2S. The maximum atomic E-state index is 12.5. The van der Waals surface area contributed by atoms with Gasteiger partial charge in [-0.2, -0.15) is 0 Å². The van der Waals surface area contributed by atoms with Crippen molar-refractivity contribution in [1.29, 1.82) is 0 Å². The van der Waals surface area contributed by atoms with Crippen molar-refractivity contribution in [3.63, 3.8) is 0 Å². The number of thiazole rings is 1. The van der Waals surface area contributed by atoms with Crippen LogP contribution in [0.15, 0.2) is 30.7 Å². The Kier molecular flexibility index (Phi) is 5.41. The number of nitrogens with one attached hydrogen (secondary N) is 3. The molecule has 1 aliphatic heterocycles. The second-order valence-corrected chi connectivity index (χ2v) is 9.31. The molecular weight excluding hydrogens is 440 g/mol. The van der Waals surface area contributed by atoms with E-state index in [0.29, 0.717) is 27.5 Å². The monoisotopic (exact) mass is 464 g/mol. The Morgan fingerprint density at radius 3 is 2.58 bits per heavy atom. The van der Waals surface area contributed by atoms with Gasteiger partial charge in [-0.15, -0.1) is 0 Å². The summed E-state index contributed by atoms with van der Waals surface area (Å²) in [7, 11) is 1.71. The lowest BCUT2D eigenvalue weighted by atomic mass is 9.81. The third-order valence-corrected chi connectivity index (χ3v) is 7.08. The summed E-state index contributed by atoms with van der Waals surface area (Å²) in [6.45, 7) is 1.50. The molecule has 0 saturated heterocycles. The highest BCUT2D eigenvalue weighted by atomic mass is 32.1. The first-order chi connectivity index (χ1) is 15.9. The molecule has 3 aromatic rings. The SMILES string of the molecule is CC(=O)N(C)c1ccnc(Nc2cc(Nc3nc4c(s3)C(=O)NC43CCCCC3)ncn2)c1. The summed E-state index contributed by atoms with van der Waals surface area (Å²) in [5.41, 5.74) is 1.27. The van der Waals surface area contributed by atoms with Crippen LogP contribution >= 0.6 is 11.3 Å². The van der Waals surface area contributed by atoms with E-state index in [9.17, 15) is 9.59 Å². The van der Waals surface area contributed by atoms with E-state index in [-0.39, 0.29) is 17.4 Å². The van der Waals surface area contributed by atoms with E-state index in [1.54, 1.807) is 31.4 Å². The minimum Gasteiger partial charge on any atom is -0.340 e. The summed E-state index contributed by atoms with van der Waals surface area (Å²) in [6.07, 6.45) is 8.31. The van der Waals surface area contributed by atoms with E-state index in [2.05, 4.69) is 30.9 Å². The first-order valence-electron chi connectivity index (χ1n) is 10.8. The Bertz CT molecular complexity index is 1220. The molecule has 5 rings (SSSR count). The fourth-order valence-electron chi connectivity index (χ4n) is 4.32. The van der Waals surface area contributed by atoms with Crippen LogP contribution in [-0.2, 0) is 10.3 Å². The smallest absolute Gasteiger partial charge is 0.264 e. The van der Waals surface area contributed by atoms with E-state index in [1.165, 1.54) is 35.9 Å². The zero-order valence-corrected chi connectivity index (χ0v) is 19.2. The fourth-order valence-corrected chi connectivity index (χ4v) is 5.28. The van der Waals surface area contributed by atoms with E-state index >= 15 is 0 Å². The Labute approximate surface area is 194 Å². The van der Waals surface area contributed by atoms with E-state index in [1.807, 2.05) is 0 Å². The molecule has 3 N–H and O–H groups in total. The molecule has 0 aromatic carbocycles. The molecule has 0 unspecified atom stereocenters. The predicted molar refractivity (Wildman–Crippen MR) is 126 cm³/mol. The lowest BCUT2D eigenvalue weighted by molar-refractivity contribution is -0.116. The Morgan fingerprint density at radius 2 is 1.82 bits per heavy atom. The summed E-state index contributed by atoms with van der Waals surface area (Å²) in [6, 6.07) is 5.27. The molecule has 1 spiro atoms. The van der Waals surface area contributed by atoms with Gasteiger partial charge < -0.3 is 20.9 Å². The minimum atomic E-state index is -0.316. The second-order valence-electron chi connectivity index (χ2n) is 8.31. The van der Waals surface area contributed by atoms with Gasteiger partial charge in [-0.05, 0) is 18.9 Å². The van der Waals surface area contributed by atoms with Gasteiger partial charge in [0.05, 0.1) is 11.2 Å². The van der Waals surface area contributed by atoms with Crippen molar-refractivity contribution in [3.05, 3.63) is 41.3 Å².